The van der Waals surface area contributed by atoms with Crippen LogP contribution < -0.4 is 10.1 Å². The molecule has 0 spiro atoms. The van der Waals surface area contributed by atoms with Crippen molar-refractivity contribution in [1.29, 1.82) is 0 Å². The lowest BCUT2D eigenvalue weighted by molar-refractivity contribution is -0.120. The summed E-state index contributed by atoms with van der Waals surface area (Å²) in [4.78, 5) is 15.2. The Balaban J connectivity index is 1.97. The molecular formula is C17H24N2O3. The molecule has 0 aliphatic heterocycles. The van der Waals surface area contributed by atoms with Crippen LogP contribution in [0.3, 0.4) is 0 Å². The predicted octanol–water partition coefficient (Wildman–Crippen LogP) is 2.24. The topological polar surface area (TPSA) is 74.4 Å². The second-order valence-corrected chi connectivity index (χ2v) is 5.99. The Morgan fingerprint density at radius 1 is 1.41 bits per heavy atom. The molecular weight excluding hydrogens is 280 g/mol. The average molecular weight is 304 g/mol. The summed E-state index contributed by atoms with van der Waals surface area (Å²) in [5, 5.41) is 13.6. The number of amides is 1. The van der Waals surface area contributed by atoms with Crippen LogP contribution in [-0.2, 0) is 11.2 Å². The Kier molecular flexibility index (Phi) is 5.44. The van der Waals surface area contributed by atoms with Crippen LogP contribution in [0.1, 0.15) is 25.8 Å². The molecule has 2 rings (SSSR count). The molecule has 0 bridgehead atoms. The first-order valence-corrected chi connectivity index (χ1v) is 7.58. The minimum absolute atomic E-state index is 0.0912. The number of fused-ring (bicyclic) bond motifs is 1. The number of aromatic nitrogens is 1. The van der Waals surface area contributed by atoms with Crippen molar-refractivity contribution < 1.29 is 14.6 Å². The van der Waals surface area contributed by atoms with E-state index in [-0.39, 0.29) is 12.3 Å². The number of methoxy groups -OCH3 is 1. The van der Waals surface area contributed by atoms with Gasteiger partial charge in [-0.15, -0.1) is 0 Å². The molecule has 0 fully saturated rings. The van der Waals surface area contributed by atoms with Crippen LogP contribution in [0.25, 0.3) is 10.9 Å². The van der Waals surface area contributed by atoms with Gasteiger partial charge in [0.1, 0.15) is 5.75 Å². The third kappa shape index (κ3) is 4.24. The lowest BCUT2D eigenvalue weighted by Gasteiger charge is -2.13. The third-order valence-electron chi connectivity index (χ3n) is 3.60. The van der Waals surface area contributed by atoms with Gasteiger partial charge in [0.25, 0.3) is 0 Å². The molecule has 1 atom stereocenters. The number of benzene rings is 1. The summed E-state index contributed by atoms with van der Waals surface area (Å²) >= 11 is 0. The Hall–Kier alpha value is -2.01. The van der Waals surface area contributed by atoms with E-state index in [0.717, 1.165) is 22.2 Å². The van der Waals surface area contributed by atoms with E-state index >= 15 is 0 Å². The van der Waals surface area contributed by atoms with E-state index < -0.39 is 6.10 Å². The summed E-state index contributed by atoms with van der Waals surface area (Å²) < 4.78 is 5.22. The van der Waals surface area contributed by atoms with Gasteiger partial charge in [0, 0.05) is 23.6 Å². The number of carbonyl (C=O) groups is 1. The highest BCUT2D eigenvalue weighted by atomic mass is 16.5. The van der Waals surface area contributed by atoms with Crippen LogP contribution in [0.4, 0.5) is 0 Å². The summed E-state index contributed by atoms with van der Waals surface area (Å²) in [7, 11) is 1.62. The van der Waals surface area contributed by atoms with Gasteiger partial charge in [-0.1, -0.05) is 13.8 Å². The number of nitrogens with one attached hydrogen (secondary N) is 2. The predicted molar refractivity (Wildman–Crippen MR) is 87.0 cm³/mol. The number of aliphatic hydroxyl groups is 1. The third-order valence-corrected chi connectivity index (χ3v) is 3.60. The van der Waals surface area contributed by atoms with Crippen LogP contribution in [0.2, 0.25) is 0 Å². The fourth-order valence-electron chi connectivity index (χ4n) is 2.53. The Morgan fingerprint density at radius 3 is 2.86 bits per heavy atom. The first kappa shape index (κ1) is 16.4. The molecule has 5 nitrogen and oxygen atoms in total. The maximum absolute atomic E-state index is 12.0. The number of aromatic amines is 1. The first-order valence-electron chi connectivity index (χ1n) is 7.58. The molecule has 0 aliphatic rings. The van der Waals surface area contributed by atoms with Gasteiger partial charge < -0.3 is 20.1 Å². The van der Waals surface area contributed by atoms with Crippen molar-refractivity contribution in [2.45, 2.75) is 32.8 Å². The molecule has 120 valence electrons. The molecule has 0 saturated heterocycles. The summed E-state index contributed by atoms with van der Waals surface area (Å²) in [5.41, 5.74) is 1.90. The maximum Gasteiger partial charge on any atom is 0.224 e. The minimum Gasteiger partial charge on any atom is -0.497 e. The molecule has 0 saturated carbocycles. The minimum atomic E-state index is -0.494. The second kappa shape index (κ2) is 7.31. The zero-order valence-electron chi connectivity index (χ0n) is 13.3. The van der Waals surface area contributed by atoms with Crippen LogP contribution in [-0.4, -0.2) is 35.8 Å². The van der Waals surface area contributed by atoms with Crippen molar-refractivity contribution in [3.05, 3.63) is 30.0 Å². The second-order valence-electron chi connectivity index (χ2n) is 5.99. The van der Waals surface area contributed by atoms with Gasteiger partial charge >= 0.3 is 0 Å². The van der Waals surface area contributed by atoms with Crippen molar-refractivity contribution >= 4 is 16.8 Å². The number of hydrogen-bond donors (Lipinski definition) is 3. The Morgan fingerprint density at radius 2 is 2.18 bits per heavy atom. The van der Waals surface area contributed by atoms with E-state index in [9.17, 15) is 9.90 Å². The van der Waals surface area contributed by atoms with Crippen molar-refractivity contribution in [3.63, 3.8) is 0 Å². The van der Waals surface area contributed by atoms with Gasteiger partial charge in [-0.3, -0.25) is 4.79 Å². The lowest BCUT2D eigenvalue weighted by Crippen LogP contribution is -2.33. The SMILES string of the molecule is COc1ccc2[nH]cc(CC(=O)NCC(O)CC(C)C)c2c1. The van der Waals surface area contributed by atoms with Crippen LogP contribution in [0, 0.1) is 5.92 Å². The number of H-pyrrole nitrogens is 1. The van der Waals surface area contributed by atoms with Gasteiger partial charge in [-0.25, -0.2) is 0 Å². The van der Waals surface area contributed by atoms with Gasteiger partial charge in [-0.05, 0) is 36.1 Å². The fourth-order valence-corrected chi connectivity index (χ4v) is 2.53. The molecule has 1 unspecified atom stereocenters. The van der Waals surface area contributed by atoms with E-state index in [1.165, 1.54) is 0 Å². The van der Waals surface area contributed by atoms with Gasteiger partial charge in [-0.2, -0.15) is 0 Å². The summed E-state index contributed by atoms with van der Waals surface area (Å²) in [6.07, 6.45) is 2.31. The summed E-state index contributed by atoms with van der Waals surface area (Å²) in [6.45, 7) is 4.39. The van der Waals surface area contributed by atoms with E-state index in [0.29, 0.717) is 18.9 Å². The smallest absolute Gasteiger partial charge is 0.224 e. The van der Waals surface area contributed by atoms with Crippen molar-refractivity contribution in [2.24, 2.45) is 5.92 Å². The normalized spacial score (nSPS) is 12.6. The van der Waals surface area contributed by atoms with Crippen molar-refractivity contribution in [1.82, 2.24) is 10.3 Å². The van der Waals surface area contributed by atoms with E-state index in [1.807, 2.05) is 38.2 Å². The monoisotopic (exact) mass is 304 g/mol. The van der Waals surface area contributed by atoms with Gasteiger partial charge in [0.2, 0.25) is 5.91 Å². The Bertz CT molecular complexity index is 634. The van der Waals surface area contributed by atoms with Crippen LogP contribution >= 0.6 is 0 Å². The number of ether oxygens (including phenoxy) is 1. The number of carbonyl (C=O) groups excluding carboxylic acids is 1. The standard InChI is InChI=1S/C17H24N2O3/c1-11(2)6-13(20)10-19-17(21)7-12-9-18-16-5-4-14(22-3)8-15(12)16/h4-5,8-9,11,13,18,20H,6-7,10H2,1-3H3,(H,19,21). The van der Waals surface area contributed by atoms with Crippen molar-refractivity contribution in [3.8, 4) is 5.75 Å². The summed E-state index contributed by atoms with van der Waals surface area (Å²) in [5.74, 6) is 1.08. The zero-order chi connectivity index (χ0) is 16.1. The average Bonchev–Trinajstić information content (AvgIpc) is 2.86. The lowest BCUT2D eigenvalue weighted by atomic mass is 10.1. The van der Waals surface area contributed by atoms with Crippen molar-refractivity contribution in [2.75, 3.05) is 13.7 Å². The van der Waals surface area contributed by atoms with E-state index in [1.54, 1.807) is 7.11 Å². The van der Waals surface area contributed by atoms with E-state index in [4.69, 9.17) is 4.74 Å². The molecule has 5 heteroatoms. The number of aliphatic hydroxyl groups excluding tert-OH is 1. The molecule has 22 heavy (non-hydrogen) atoms. The highest BCUT2D eigenvalue weighted by molar-refractivity contribution is 5.89. The number of rotatable bonds is 7. The molecule has 1 amide bonds. The number of hydrogen-bond acceptors (Lipinski definition) is 3. The van der Waals surface area contributed by atoms with Gasteiger partial charge in [0.15, 0.2) is 0 Å². The zero-order valence-corrected chi connectivity index (χ0v) is 13.3. The molecule has 0 aliphatic carbocycles. The van der Waals surface area contributed by atoms with Crippen LogP contribution in [0.15, 0.2) is 24.4 Å². The molecule has 3 N–H and O–H groups in total. The molecule has 1 aromatic heterocycles. The fraction of sp³-hybridized carbons (Fsp3) is 0.471. The first-order chi connectivity index (χ1) is 10.5. The molecule has 1 aromatic carbocycles. The molecule has 2 aromatic rings. The quantitative estimate of drug-likeness (QED) is 0.734. The maximum atomic E-state index is 12.0. The highest BCUT2D eigenvalue weighted by Crippen LogP contribution is 2.23. The van der Waals surface area contributed by atoms with Gasteiger partial charge in [0.05, 0.1) is 19.6 Å². The summed E-state index contributed by atoms with van der Waals surface area (Å²) in [6, 6.07) is 5.73. The van der Waals surface area contributed by atoms with E-state index in [2.05, 4.69) is 10.3 Å². The molecule has 0 radical (unpaired) electrons. The highest BCUT2D eigenvalue weighted by Gasteiger charge is 2.12. The molecule has 1 heterocycles. The van der Waals surface area contributed by atoms with Crippen LogP contribution in [0.5, 0.6) is 5.75 Å². The Labute approximate surface area is 130 Å². The largest absolute Gasteiger partial charge is 0.497 e.